The van der Waals surface area contributed by atoms with Gasteiger partial charge in [0.05, 0.1) is 6.54 Å². The predicted molar refractivity (Wildman–Crippen MR) is 97.5 cm³/mol. The minimum absolute atomic E-state index is 0.185. The van der Waals surface area contributed by atoms with Gasteiger partial charge >= 0.3 is 6.18 Å². The van der Waals surface area contributed by atoms with Crippen LogP contribution in [0.15, 0.2) is 39.5 Å². The van der Waals surface area contributed by atoms with Crippen LogP contribution in [0, 0.1) is 0 Å². The summed E-state index contributed by atoms with van der Waals surface area (Å²) in [5.41, 5.74) is -0.864. The highest BCUT2D eigenvalue weighted by atomic mass is 35.5. The van der Waals surface area contributed by atoms with Crippen LogP contribution in [0.4, 0.5) is 13.2 Å². The molecular formula is C15H16ClF3N4S2. The Bertz CT molecular complexity index is 702. The molecule has 0 spiro atoms. The van der Waals surface area contributed by atoms with Crippen molar-refractivity contribution in [2.24, 2.45) is 4.99 Å². The van der Waals surface area contributed by atoms with Gasteiger partial charge in [-0.05, 0) is 24.3 Å². The Morgan fingerprint density at radius 3 is 2.60 bits per heavy atom. The molecule has 0 unspecified atom stereocenters. The number of alkyl halides is 3. The highest BCUT2D eigenvalue weighted by Crippen LogP contribution is 2.29. The zero-order chi connectivity index (χ0) is 18.3. The highest BCUT2D eigenvalue weighted by Gasteiger charge is 2.33. The van der Waals surface area contributed by atoms with Crippen LogP contribution < -0.4 is 10.6 Å². The second kappa shape index (κ2) is 9.30. The second-order valence-corrected chi connectivity index (χ2v) is 7.33. The first kappa shape index (κ1) is 19.9. The first-order valence-electron chi connectivity index (χ1n) is 7.23. The van der Waals surface area contributed by atoms with E-state index in [4.69, 9.17) is 11.6 Å². The number of nitrogens with zero attached hydrogens (tertiary/aromatic N) is 2. The monoisotopic (exact) mass is 408 g/mol. The zero-order valence-corrected chi connectivity index (χ0v) is 15.6. The van der Waals surface area contributed by atoms with Crippen LogP contribution in [0.1, 0.15) is 10.7 Å². The summed E-state index contributed by atoms with van der Waals surface area (Å²) in [6.07, 6.45) is -4.41. The number of nitrogens with one attached hydrogen (secondary N) is 2. The number of rotatable bonds is 6. The van der Waals surface area contributed by atoms with Crippen LogP contribution in [0.25, 0.3) is 0 Å². The van der Waals surface area contributed by atoms with E-state index in [9.17, 15) is 13.2 Å². The Balaban J connectivity index is 1.72. The largest absolute Gasteiger partial charge is 0.434 e. The van der Waals surface area contributed by atoms with Gasteiger partial charge in [0.1, 0.15) is 5.01 Å². The van der Waals surface area contributed by atoms with Gasteiger partial charge in [0.15, 0.2) is 11.7 Å². The molecule has 1 heterocycles. The smallest absolute Gasteiger partial charge is 0.356 e. The summed E-state index contributed by atoms with van der Waals surface area (Å²) in [5, 5.41) is 8.11. The van der Waals surface area contributed by atoms with Crippen LogP contribution in [0.3, 0.4) is 0 Å². The lowest BCUT2D eigenvalue weighted by Gasteiger charge is -2.10. The Kier molecular flexibility index (Phi) is 7.39. The maximum atomic E-state index is 12.5. The molecule has 2 N–H and O–H groups in total. The topological polar surface area (TPSA) is 49.3 Å². The average Bonchev–Trinajstić information content (AvgIpc) is 3.05. The lowest BCUT2D eigenvalue weighted by atomic mass is 10.4. The molecule has 0 amide bonds. The van der Waals surface area contributed by atoms with Crippen molar-refractivity contribution in [3.05, 3.63) is 45.4 Å². The average molecular weight is 409 g/mol. The highest BCUT2D eigenvalue weighted by molar-refractivity contribution is 7.99. The summed E-state index contributed by atoms with van der Waals surface area (Å²) in [6, 6.07) is 7.56. The van der Waals surface area contributed by atoms with E-state index in [0.717, 1.165) is 27.4 Å². The summed E-state index contributed by atoms with van der Waals surface area (Å²) in [4.78, 5) is 8.71. The number of guanidine groups is 1. The third-order valence-corrected chi connectivity index (χ3v) is 5.06. The fraction of sp³-hybridized carbons (Fsp3) is 0.333. The Morgan fingerprint density at radius 1 is 1.28 bits per heavy atom. The molecule has 0 saturated heterocycles. The van der Waals surface area contributed by atoms with E-state index < -0.39 is 11.9 Å². The van der Waals surface area contributed by atoms with Crippen molar-refractivity contribution < 1.29 is 13.2 Å². The summed E-state index contributed by atoms with van der Waals surface area (Å²) in [6.45, 7) is 0.837. The molecule has 2 aromatic rings. The first-order valence-corrected chi connectivity index (χ1v) is 9.47. The van der Waals surface area contributed by atoms with E-state index in [1.807, 2.05) is 24.3 Å². The number of benzene rings is 1. The maximum Gasteiger partial charge on any atom is 0.434 e. The van der Waals surface area contributed by atoms with Gasteiger partial charge in [-0.1, -0.05) is 11.6 Å². The maximum absolute atomic E-state index is 12.5. The van der Waals surface area contributed by atoms with Gasteiger partial charge in [0, 0.05) is 34.6 Å². The molecule has 0 bridgehead atoms. The fourth-order valence-electron chi connectivity index (χ4n) is 1.77. The van der Waals surface area contributed by atoms with E-state index in [-0.39, 0.29) is 6.54 Å². The molecule has 0 fully saturated rings. The number of thiazole rings is 1. The lowest BCUT2D eigenvalue weighted by Crippen LogP contribution is -2.37. The van der Waals surface area contributed by atoms with Gasteiger partial charge in [-0.3, -0.25) is 4.99 Å². The van der Waals surface area contributed by atoms with Crippen LogP contribution in [-0.4, -0.2) is 30.3 Å². The molecular weight excluding hydrogens is 393 g/mol. The van der Waals surface area contributed by atoms with Gasteiger partial charge < -0.3 is 10.6 Å². The van der Waals surface area contributed by atoms with Gasteiger partial charge in [-0.15, -0.1) is 23.1 Å². The van der Waals surface area contributed by atoms with Gasteiger partial charge in [0.2, 0.25) is 0 Å². The molecule has 1 aromatic heterocycles. The predicted octanol–water partition coefficient (Wildman–Crippen LogP) is 4.27. The van der Waals surface area contributed by atoms with Crippen molar-refractivity contribution >= 4 is 40.7 Å². The molecule has 2 rings (SSSR count). The minimum atomic E-state index is -4.41. The molecule has 1 aromatic carbocycles. The van der Waals surface area contributed by atoms with E-state index in [1.165, 1.54) is 0 Å². The van der Waals surface area contributed by atoms with Gasteiger partial charge in [-0.25, -0.2) is 4.98 Å². The van der Waals surface area contributed by atoms with E-state index >= 15 is 0 Å². The molecule has 0 aliphatic rings. The van der Waals surface area contributed by atoms with E-state index in [0.29, 0.717) is 22.5 Å². The number of aromatic nitrogens is 1. The quantitative estimate of drug-likeness (QED) is 0.324. The number of hydrogen-bond donors (Lipinski definition) is 2. The standard InChI is InChI=1S/C15H16ClF3N4S2/c1-20-14(21-6-7-24-11-4-2-10(16)3-5-11)22-8-13-23-12(9-25-13)15(17,18)19/h2-5,9H,6-8H2,1H3,(H2,20,21,22). The summed E-state index contributed by atoms with van der Waals surface area (Å²) in [7, 11) is 1.60. The van der Waals surface area contributed by atoms with Crippen molar-refractivity contribution in [2.45, 2.75) is 17.6 Å². The molecule has 136 valence electrons. The van der Waals surface area contributed by atoms with Crippen LogP contribution >= 0.6 is 34.7 Å². The van der Waals surface area contributed by atoms with E-state index in [2.05, 4.69) is 20.6 Å². The zero-order valence-electron chi connectivity index (χ0n) is 13.2. The van der Waals surface area contributed by atoms with Crippen LogP contribution in [-0.2, 0) is 12.7 Å². The third-order valence-electron chi connectivity index (χ3n) is 2.95. The van der Waals surface area contributed by atoms with Crippen molar-refractivity contribution in [1.29, 1.82) is 0 Å². The third kappa shape index (κ3) is 6.75. The Hall–Kier alpha value is -1.45. The number of aliphatic imine (C=N–C) groups is 1. The molecule has 25 heavy (non-hydrogen) atoms. The molecule has 4 nitrogen and oxygen atoms in total. The number of thioether (sulfide) groups is 1. The second-order valence-electron chi connectivity index (χ2n) is 4.78. The lowest BCUT2D eigenvalue weighted by molar-refractivity contribution is -0.140. The van der Waals surface area contributed by atoms with Crippen LogP contribution in [0.2, 0.25) is 5.02 Å². The Morgan fingerprint density at radius 2 is 2.00 bits per heavy atom. The van der Waals surface area contributed by atoms with E-state index in [1.54, 1.807) is 18.8 Å². The van der Waals surface area contributed by atoms with Crippen molar-refractivity contribution in [1.82, 2.24) is 15.6 Å². The van der Waals surface area contributed by atoms with Crippen molar-refractivity contribution in [3.8, 4) is 0 Å². The first-order chi connectivity index (χ1) is 11.9. The van der Waals surface area contributed by atoms with Gasteiger partial charge in [-0.2, -0.15) is 13.2 Å². The molecule has 0 radical (unpaired) electrons. The normalized spacial score (nSPS) is 12.3. The van der Waals surface area contributed by atoms with Gasteiger partial charge in [0.25, 0.3) is 0 Å². The molecule has 0 aliphatic heterocycles. The number of halogens is 4. The SMILES string of the molecule is CN=C(NCCSc1ccc(Cl)cc1)NCc1nc(C(F)(F)F)cs1. The summed E-state index contributed by atoms with van der Waals surface area (Å²) < 4.78 is 37.5. The Labute approximate surface area is 156 Å². The van der Waals surface area contributed by atoms with Crippen molar-refractivity contribution in [2.75, 3.05) is 19.3 Å². The summed E-state index contributed by atoms with van der Waals surface area (Å²) >= 11 is 8.46. The molecule has 0 saturated carbocycles. The number of hydrogen-bond acceptors (Lipinski definition) is 4. The summed E-state index contributed by atoms with van der Waals surface area (Å²) in [5.74, 6) is 1.32. The minimum Gasteiger partial charge on any atom is -0.356 e. The molecule has 0 atom stereocenters. The fourth-order valence-corrected chi connectivity index (χ4v) is 3.41. The van der Waals surface area contributed by atoms with Crippen molar-refractivity contribution in [3.63, 3.8) is 0 Å². The van der Waals surface area contributed by atoms with Crippen LogP contribution in [0.5, 0.6) is 0 Å². The molecule has 0 aliphatic carbocycles. The molecule has 10 heteroatoms.